The molecule has 1 fully saturated rings. The van der Waals surface area contributed by atoms with E-state index in [4.69, 9.17) is 10.00 Å². The van der Waals surface area contributed by atoms with E-state index in [1.807, 2.05) is 12.1 Å². The molecule has 0 saturated carbocycles. The van der Waals surface area contributed by atoms with Crippen LogP contribution in [0.1, 0.15) is 38.3 Å². The number of ether oxygens (including phenoxy) is 1. The van der Waals surface area contributed by atoms with E-state index in [0.717, 1.165) is 24.9 Å². The molecule has 1 saturated heterocycles. The van der Waals surface area contributed by atoms with Crippen LogP contribution >= 0.6 is 0 Å². The predicted molar refractivity (Wildman–Crippen MR) is 105 cm³/mol. The van der Waals surface area contributed by atoms with Crippen molar-refractivity contribution in [3.63, 3.8) is 0 Å². The molecule has 4 rings (SSSR count). The number of anilines is 1. The smallest absolute Gasteiger partial charge is 0.405 e. The maximum absolute atomic E-state index is 13.7. The van der Waals surface area contributed by atoms with Gasteiger partial charge in [-0.1, -0.05) is 0 Å². The van der Waals surface area contributed by atoms with Crippen molar-refractivity contribution in [3.8, 4) is 11.8 Å². The van der Waals surface area contributed by atoms with Crippen molar-refractivity contribution in [3.05, 3.63) is 48.3 Å². The van der Waals surface area contributed by atoms with E-state index in [0.29, 0.717) is 11.5 Å². The molecule has 9 nitrogen and oxygen atoms in total. The van der Waals surface area contributed by atoms with E-state index in [1.165, 1.54) is 23.0 Å². The van der Waals surface area contributed by atoms with Crippen molar-refractivity contribution in [2.75, 3.05) is 11.4 Å². The summed E-state index contributed by atoms with van der Waals surface area (Å²) in [7, 11) is 0. The standard InChI is InChI=1S/C20H20FN7O2/c1-20(2,12-22)26-19(29)30-16-11-24-28-7-5-17(25-18(16)28)27-6-3-4-15(27)13-8-14(21)10-23-9-13/h5,7-11,15H,3-4,6H2,1-2H3,(H,26,29)/t15-/m1/s1. The zero-order chi connectivity index (χ0) is 21.3. The van der Waals surface area contributed by atoms with Gasteiger partial charge in [-0.05, 0) is 44.4 Å². The van der Waals surface area contributed by atoms with E-state index in [1.54, 1.807) is 26.2 Å². The number of rotatable bonds is 4. The summed E-state index contributed by atoms with van der Waals surface area (Å²) in [6.45, 7) is 3.89. The van der Waals surface area contributed by atoms with E-state index in [2.05, 4.69) is 25.3 Å². The number of halogens is 1. The van der Waals surface area contributed by atoms with Gasteiger partial charge in [0.05, 0.1) is 24.5 Å². The van der Waals surface area contributed by atoms with Crippen LogP contribution in [-0.4, -0.2) is 37.8 Å². The molecule has 0 unspecified atom stereocenters. The second kappa shape index (κ2) is 7.59. The molecule has 0 aliphatic carbocycles. The van der Waals surface area contributed by atoms with Gasteiger partial charge in [-0.25, -0.2) is 18.7 Å². The number of hydrogen-bond acceptors (Lipinski definition) is 7. The van der Waals surface area contributed by atoms with Crippen molar-refractivity contribution >= 4 is 17.6 Å². The Morgan fingerprint density at radius 1 is 1.40 bits per heavy atom. The lowest BCUT2D eigenvalue weighted by molar-refractivity contribution is 0.194. The maximum atomic E-state index is 13.7. The quantitative estimate of drug-likeness (QED) is 0.705. The minimum absolute atomic E-state index is 0.0461. The van der Waals surface area contributed by atoms with E-state index in [-0.39, 0.29) is 17.6 Å². The molecule has 0 bridgehead atoms. The number of hydrogen-bond donors (Lipinski definition) is 1. The summed E-state index contributed by atoms with van der Waals surface area (Å²) >= 11 is 0. The molecule has 154 valence electrons. The number of carbonyl (C=O) groups is 1. The Morgan fingerprint density at radius 2 is 2.23 bits per heavy atom. The van der Waals surface area contributed by atoms with E-state index < -0.39 is 11.6 Å². The van der Waals surface area contributed by atoms with Gasteiger partial charge in [-0.15, -0.1) is 0 Å². The molecule has 1 aliphatic heterocycles. The first-order chi connectivity index (χ1) is 14.4. The molecule has 4 heterocycles. The van der Waals surface area contributed by atoms with Crippen molar-refractivity contribution in [2.45, 2.75) is 38.3 Å². The second-order valence-electron chi connectivity index (χ2n) is 7.60. The van der Waals surface area contributed by atoms with E-state index >= 15 is 0 Å². The highest BCUT2D eigenvalue weighted by atomic mass is 19.1. The summed E-state index contributed by atoms with van der Waals surface area (Å²) in [6.07, 6.45) is 6.98. The predicted octanol–water partition coefficient (Wildman–Crippen LogP) is 3.00. The van der Waals surface area contributed by atoms with Gasteiger partial charge in [0.2, 0.25) is 5.65 Å². The topological polar surface area (TPSA) is 108 Å². The molecule has 1 atom stereocenters. The highest BCUT2D eigenvalue weighted by Crippen LogP contribution is 2.35. The summed E-state index contributed by atoms with van der Waals surface area (Å²) in [4.78, 5) is 22.8. The molecule has 1 amide bonds. The molecule has 3 aromatic heterocycles. The van der Waals surface area contributed by atoms with Crippen LogP contribution in [0.4, 0.5) is 15.0 Å². The minimum atomic E-state index is -1.07. The van der Waals surface area contributed by atoms with Gasteiger partial charge < -0.3 is 15.0 Å². The number of fused-ring (bicyclic) bond motifs is 1. The fourth-order valence-electron chi connectivity index (χ4n) is 3.48. The van der Waals surface area contributed by atoms with Gasteiger partial charge >= 0.3 is 6.09 Å². The molecule has 0 radical (unpaired) electrons. The summed E-state index contributed by atoms with van der Waals surface area (Å²) in [5.41, 5.74) is 0.0816. The third kappa shape index (κ3) is 3.87. The summed E-state index contributed by atoms with van der Waals surface area (Å²) in [6, 6.07) is 5.23. The van der Waals surface area contributed by atoms with Gasteiger partial charge in [0, 0.05) is 18.9 Å². The van der Waals surface area contributed by atoms with Crippen LogP contribution in [0.3, 0.4) is 0 Å². The Kier molecular flexibility index (Phi) is 4.95. The fraction of sp³-hybridized carbons (Fsp3) is 0.350. The number of nitrogens with one attached hydrogen (secondary N) is 1. The highest BCUT2D eigenvalue weighted by molar-refractivity contribution is 5.74. The van der Waals surface area contributed by atoms with Gasteiger partial charge in [0.25, 0.3) is 0 Å². The average Bonchev–Trinajstić information content (AvgIpc) is 3.35. The van der Waals surface area contributed by atoms with Crippen molar-refractivity contribution in [2.24, 2.45) is 0 Å². The summed E-state index contributed by atoms with van der Waals surface area (Å²) in [5.74, 6) is 0.462. The maximum Gasteiger partial charge on any atom is 0.414 e. The number of pyridine rings is 1. The number of aromatic nitrogens is 4. The SMILES string of the molecule is CC(C)(C#N)NC(=O)Oc1cnn2ccc(N3CCC[C@@H]3c3cncc(F)c3)nc12. The van der Waals surface area contributed by atoms with Crippen LogP contribution in [0.2, 0.25) is 0 Å². The fourth-order valence-corrected chi connectivity index (χ4v) is 3.48. The number of amides is 1. The largest absolute Gasteiger partial charge is 0.414 e. The Morgan fingerprint density at radius 3 is 3.00 bits per heavy atom. The molecule has 0 spiro atoms. The normalized spacial score (nSPS) is 16.5. The van der Waals surface area contributed by atoms with Crippen LogP contribution in [0.5, 0.6) is 5.75 Å². The molecule has 1 aliphatic rings. The first kappa shape index (κ1) is 19.6. The van der Waals surface area contributed by atoms with E-state index in [9.17, 15) is 9.18 Å². The molecular formula is C20H20FN7O2. The van der Waals surface area contributed by atoms with Gasteiger partial charge in [-0.3, -0.25) is 4.98 Å². The monoisotopic (exact) mass is 409 g/mol. The summed E-state index contributed by atoms with van der Waals surface area (Å²) in [5, 5.41) is 15.7. The van der Waals surface area contributed by atoms with Crippen LogP contribution in [0.25, 0.3) is 5.65 Å². The second-order valence-corrected chi connectivity index (χ2v) is 7.60. The van der Waals surface area contributed by atoms with Gasteiger partial charge in [-0.2, -0.15) is 10.4 Å². The summed E-state index contributed by atoms with van der Waals surface area (Å²) < 4.78 is 20.5. The van der Waals surface area contributed by atoms with Crippen molar-refractivity contribution < 1.29 is 13.9 Å². The van der Waals surface area contributed by atoms with Crippen LogP contribution in [-0.2, 0) is 0 Å². The average molecular weight is 409 g/mol. The molecule has 0 aromatic carbocycles. The molecular weight excluding hydrogens is 389 g/mol. The third-order valence-corrected chi connectivity index (χ3v) is 4.88. The Labute approximate surface area is 172 Å². The van der Waals surface area contributed by atoms with Crippen LogP contribution in [0.15, 0.2) is 36.9 Å². The number of carbonyl (C=O) groups excluding carboxylic acids is 1. The third-order valence-electron chi connectivity index (χ3n) is 4.88. The lowest BCUT2D eigenvalue weighted by atomic mass is 10.1. The lowest BCUT2D eigenvalue weighted by Gasteiger charge is -2.26. The molecule has 3 aromatic rings. The number of nitriles is 1. The Bertz CT molecular complexity index is 1140. The molecule has 30 heavy (non-hydrogen) atoms. The Balaban J connectivity index is 1.61. The first-order valence-electron chi connectivity index (χ1n) is 9.49. The molecule has 1 N–H and O–H groups in total. The van der Waals surface area contributed by atoms with Crippen LogP contribution in [0, 0.1) is 17.1 Å². The van der Waals surface area contributed by atoms with Crippen LogP contribution < -0.4 is 15.0 Å². The van der Waals surface area contributed by atoms with Crippen molar-refractivity contribution in [1.29, 1.82) is 5.26 Å². The zero-order valence-corrected chi connectivity index (χ0v) is 16.5. The van der Waals surface area contributed by atoms with Gasteiger partial charge in [0.1, 0.15) is 17.2 Å². The highest BCUT2D eigenvalue weighted by Gasteiger charge is 2.28. The van der Waals surface area contributed by atoms with Crippen molar-refractivity contribution in [1.82, 2.24) is 24.9 Å². The zero-order valence-electron chi connectivity index (χ0n) is 16.5. The minimum Gasteiger partial charge on any atom is -0.405 e. The Hall–Kier alpha value is -3.74. The number of nitrogens with zero attached hydrogens (tertiary/aromatic N) is 6. The molecule has 10 heteroatoms. The van der Waals surface area contributed by atoms with Gasteiger partial charge in [0.15, 0.2) is 5.75 Å². The first-order valence-corrected chi connectivity index (χ1v) is 9.49. The lowest BCUT2D eigenvalue weighted by Crippen LogP contribution is -2.43.